The van der Waals surface area contributed by atoms with E-state index in [4.69, 9.17) is 0 Å². The minimum absolute atomic E-state index is 0.354. The second-order valence-electron chi connectivity index (χ2n) is 3.57. The number of aryl methyl sites for hydroxylation is 2. The maximum absolute atomic E-state index is 11.9. The van der Waals surface area contributed by atoms with Gasteiger partial charge in [0.15, 0.2) is 0 Å². The summed E-state index contributed by atoms with van der Waals surface area (Å²) in [5.74, 6) is 0.466. The largest absolute Gasteiger partial charge is 0.249 e. The number of hydrogen-bond acceptors (Lipinski definition) is 3. The SMILES string of the molecule is C=C(C)CCCn1nncc1CCSF. The van der Waals surface area contributed by atoms with E-state index in [-0.39, 0.29) is 0 Å². The predicted molar refractivity (Wildman–Crippen MR) is 61.3 cm³/mol. The number of aromatic nitrogens is 3. The molecule has 0 aliphatic carbocycles. The fourth-order valence-corrected chi connectivity index (χ4v) is 1.62. The zero-order chi connectivity index (χ0) is 11.1. The van der Waals surface area contributed by atoms with Crippen molar-refractivity contribution >= 4 is 12.1 Å². The lowest BCUT2D eigenvalue weighted by molar-refractivity contribution is 0.540. The van der Waals surface area contributed by atoms with E-state index < -0.39 is 0 Å². The summed E-state index contributed by atoms with van der Waals surface area (Å²) < 4.78 is 13.8. The van der Waals surface area contributed by atoms with E-state index >= 15 is 0 Å². The van der Waals surface area contributed by atoms with Crippen LogP contribution in [0.15, 0.2) is 18.3 Å². The van der Waals surface area contributed by atoms with Gasteiger partial charge in [-0.2, -0.15) is 3.89 Å². The average Bonchev–Trinajstić information content (AvgIpc) is 2.62. The summed E-state index contributed by atoms with van der Waals surface area (Å²) in [6, 6.07) is 0. The van der Waals surface area contributed by atoms with E-state index in [9.17, 15) is 3.89 Å². The van der Waals surface area contributed by atoms with Gasteiger partial charge in [-0.25, -0.2) is 4.68 Å². The molecule has 0 saturated heterocycles. The van der Waals surface area contributed by atoms with Gasteiger partial charge in [0.25, 0.3) is 0 Å². The highest BCUT2D eigenvalue weighted by molar-refractivity contribution is 7.94. The first-order valence-electron chi connectivity index (χ1n) is 4.99. The Morgan fingerprint density at radius 3 is 3.13 bits per heavy atom. The maximum Gasteiger partial charge on any atom is 0.0725 e. The Kier molecular flexibility index (Phi) is 5.39. The molecule has 1 rings (SSSR count). The first-order chi connectivity index (χ1) is 7.24. The highest BCUT2D eigenvalue weighted by Crippen LogP contribution is 2.08. The van der Waals surface area contributed by atoms with Crippen molar-refractivity contribution in [1.82, 2.24) is 15.0 Å². The lowest BCUT2D eigenvalue weighted by Gasteiger charge is -2.04. The van der Waals surface area contributed by atoms with Gasteiger partial charge < -0.3 is 0 Å². The topological polar surface area (TPSA) is 30.7 Å². The molecule has 84 valence electrons. The van der Waals surface area contributed by atoms with Crippen LogP contribution in [0.2, 0.25) is 0 Å². The Bertz CT molecular complexity index is 311. The molecule has 0 fully saturated rings. The Labute approximate surface area is 94.0 Å². The summed E-state index contributed by atoms with van der Waals surface area (Å²) in [6.07, 6.45) is 4.39. The zero-order valence-corrected chi connectivity index (χ0v) is 9.76. The van der Waals surface area contributed by atoms with Gasteiger partial charge in [-0.1, -0.05) is 10.8 Å². The van der Waals surface area contributed by atoms with E-state index in [0.717, 1.165) is 25.1 Å². The summed E-state index contributed by atoms with van der Waals surface area (Å²) in [6.45, 7) is 6.70. The van der Waals surface area contributed by atoms with E-state index in [1.54, 1.807) is 6.20 Å². The van der Waals surface area contributed by atoms with E-state index in [1.165, 1.54) is 5.57 Å². The minimum atomic E-state index is 0.354. The van der Waals surface area contributed by atoms with Crippen LogP contribution >= 0.6 is 12.1 Å². The molecule has 1 heterocycles. The Morgan fingerprint density at radius 1 is 1.67 bits per heavy atom. The fourth-order valence-electron chi connectivity index (χ4n) is 1.33. The standard InChI is InChI=1S/C10H16FN3S/c1-9(2)4-3-6-14-10(5-7-15-11)8-12-13-14/h8H,1,3-7H2,2H3. The van der Waals surface area contributed by atoms with Crippen LogP contribution in [0.5, 0.6) is 0 Å². The molecule has 0 spiro atoms. The molecule has 0 saturated carbocycles. The molecule has 0 atom stereocenters. The Balaban J connectivity index is 2.39. The van der Waals surface area contributed by atoms with Crippen LogP contribution in [-0.2, 0) is 13.0 Å². The first kappa shape index (κ1) is 12.2. The average molecular weight is 229 g/mol. The van der Waals surface area contributed by atoms with E-state index in [0.29, 0.717) is 24.3 Å². The highest BCUT2D eigenvalue weighted by Gasteiger charge is 2.03. The normalized spacial score (nSPS) is 10.5. The van der Waals surface area contributed by atoms with Crippen LogP contribution in [0, 0.1) is 0 Å². The van der Waals surface area contributed by atoms with Crippen molar-refractivity contribution in [1.29, 1.82) is 0 Å². The third kappa shape index (κ3) is 4.46. The quantitative estimate of drug-likeness (QED) is 0.674. The molecule has 0 radical (unpaired) electrons. The van der Waals surface area contributed by atoms with Crippen molar-refractivity contribution in [2.24, 2.45) is 0 Å². The van der Waals surface area contributed by atoms with Crippen LogP contribution < -0.4 is 0 Å². The minimum Gasteiger partial charge on any atom is -0.249 e. The third-order valence-corrected chi connectivity index (χ3v) is 2.47. The fraction of sp³-hybridized carbons (Fsp3) is 0.600. The van der Waals surface area contributed by atoms with Crippen molar-refractivity contribution in [3.63, 3.8) is 0 Å². The number of allylic oxidation sites excluding steroid dienone is 1. The van der Waals surface area contributed by atoms with Gasteiger partial charge >= 0.3 is 0 Å². The summed E-state index contributed by atoms with van der Waals surface area (Å²) in [4.78, 5) is 0. The molecule has 0 bridgehead atoms. The zero-order valence-electron chi connectivity index (χ0n) is 8.95. The smallest absolute Gasteiger partial charge is 0.0725 e. The molecule has 0 amide bonds. The van der Waals surface area contributed by atoms with Gasteiger partial charge in [0.1, 0.15) is 0 Å². The molecule has 0 aliphatic heterocycles. The lowest BCUT2D eigenvalue weighted by Crippen LogP contribution is -2.06. The Hall–Kier alpha value is -0.840. The first-order valence-corrected chi connectivity index (χ1v) is 5.88. The van der Waals surface area contributed by atoms with Crippen molar-refractivity contribution < 1.29 is 3.89 Å². The number of halogens is 1. The number of hydrogen-bond donors (Lipinski definition) is 0. The van der Waals surface area contributed by atoms with Crippen LogP contribution in [0.3, 0.4) is 0 Å². The molecule has 1 aromatic heterocycles. The molecular weight excluding hydrogens is 213 g/mol. The van der Waals surface area contributed by atoms with Crippen LogP contribution in [0.4, 0.5) is 3.89 Å². The van der Waals surface area contributed by atoms with Gasteiger partial charge in [0.05, 0.1) is 11.9 Å². The van der Waals surface area contributed by atoms with Crippen LogP contribution in [-0.4, -0.2) is 20.7 Å². The monoisotopic (exact) mass is 229 g/mol. The maximum atomic E-state index is 11.9. The van der Waals surface area contributed by atoms with Crippen molar-refractivity contribution in [3.05, 3.63) is 24.0 Å². The third-order valence-electron chi connectivity index (χ3n) is 2.11. The lowest BCUT2D eigenvalue weighted by atomic mass is 10.2. The summed E-state index contributed by atoms with van der Waals surface area (Å²) in [7, 11) is 0. The van der Waals surface area contributed by atoms with Crippen molar-refractivity contribution in [2.75, 3.05) is 5.75 Å². The molecular formula is C10H16FN3S. The van der Waals surface area contributed by atoms with Crippen LogP contribution in [0.1, 0.15) is 25.5 Å². The second kappa shape index (κ2) is 6.61. The molecule has 3 nitrogen and oxygen atoms in total. The van der Waals surface area contributed by atoms with Crippen molar-refractivity contribution in [3.8, 4) is 0 Å². The summed E-state index contributed by atoms with van der Waals surface area (Å²) >= 11 is 0.354. The molecule has 0 N–H and O–H groups in total. The number of nitrogens with zero attached hydrogens (tertiary/aromatic N) is 3. The van der Waals surface area contributed by atoms with Gasteiger partial charge in [0, 0.05) is 30.9 Å². The highest BCUT2D eigenvalue weighted by atomic mass is 32.2. The Morgan fingerprint density at radius 2 is 2.47 bits per heavy atom. The van der Waals surface area contributed by atoms with Crippen molar-refractivity contribution in [2.45, 2.75) is 32.7 Å². The summed E-state index contributed by atoms with van der Waals surface area (Å²) in [5.41, 5.74) is 2.18. The molecule has 1 aromatic rings. The molecule has 0 aliphatic rings. The summed E-state index contributed by atoms with van der Waals surface area (Å²) in [5, 5.41) is 7.80. The molecule has 15 heavy (non-hydrogen) atoms. The van der Waals surface area contributed by atoms with Gasteiger partial charge in [-0.3, -0.25) is 0 Å². The van der Waals surface area contributed by atoms with Gasteiger partial charge in [-0.15, -0.1) is 11.7 Å². The van der Waals surface area contributed by atoms with Gasteiger partial charge in [-0.05, 0) is 19.8 Å². The van der Waals surface area contributed by atoms with E-state index in [1.807, 2.05) is 11.6 Å². The predicted octanol–water partition coefficient (Wildman–Crippen LogP) is 2.79. The molecule has 0 unspecified atom stereocenters. The number of rotatable bonds is 7. The molecule has 0 aromatic carbocycles. The molecule has 5 heteroatoms. The van der Waals surface area contributed by atoms with Gasteiger partial charge in [0.2, 0.25) is 0 Å². The van der Waals surface area contributed by atoms with E-state index in [2.05, 4.69) is 16.9 Å². The second-order valence-corrected chi connectivity index (χ2v) is 4.20. The van der Waals surface area contributed by atoms with Crippen LogP contribution in [0.25, 0.3) is 0 Å².